The first-order chi connectivity index (χ1) is 9.78. The Kier molecular flexibility index (Phi) is 3.62. The number of anilines is 1. The largest absolute Gasteiger partial charge is 0.383 e. The number of benzene rings is 2. The highest BCUT2D eigenvalue weighted by Crippen LogP contribution is 2.39. The molecule has 0 bridgehead atoms. The van der Waals surface area contributed by atoms with Crippen LogP contribution in [-0.2, 0) is 0 Å². The van der Waals surface area contributed by atoms with Gasteiger partial charge in [0.15, 0.2) is 0 Å². The van der Waals surface area contributed by atoms with Crippen LogP contribution in [0.4, 0.5) is 10.1 Å². The number of thioether (sulfide) groups is 1. The van der Waals surface area contributed by atoms with Crippen molar-refractivity contribution in [1.29, 1.82) is 5.26 Å². The molecule has 1 aliphatic heterocycles. The van der Waals surface area contributed by atoms with Gasteiger partial charge in [0, 0.05) is 23.1 Å². The molecule has 0 radical (unpaired) electrons. The van der Waals surface area contributed by atoms with Gasteiger partial charge in [-0.05, 0) is 29.8 Å². The van der Waals surface area contributed by atoms with Gasteiger partial charge in [-0.1, -0.05) is 18.2 Å². The zero-order chi connectivity index (χ0) is 13.9. The average Bonchev–Trinajstić information content (AvgIpc) is 2.89. The van der Waals surface area contributed by atoms with Crippen molar-refractivity contribution in [2.75, 3.05) is 17.6 Å². The number of rotatable bonds is 3. The van der Waals surface area contributed by atoms with Gasteiger partial charge >= 0.3 is 0 Å². The quantitative estimate of drug-likeness (QED) is 0.925. The number of halogens is 1. The molecule has 100 valence electrons. The van der Waals surface area contributed by atoms with E-state index < -0.39 is 0 Å². The molecule has 1 N–H and O–H groups in total. The molecule has 0 aromatic heterocycles. The van der Waals surface area contributed by atoms with Crippen molar-refractivity contribution >= 4 is 17.4 Å². The van der Waals surface area contributed by atoms with E-state index in [4.69, 9.17) is 5.26 Å². The standard InChI is InChI=1S/C16H13FN2S/c17-13-5-6-15(11(7-13)8-18)19-9-12-10-20-16-4-2-1-3-14(12)16/h1-7,12,19H,9-10H2. The van der Waals surface area contributed by atoms with E-state index in [1.54, 1.807) is 6.07 Å². The predicted molar refractivity (Wildman–Crippen MR) is 79.5 cm³/mol. The Morgan fingerprint density at radius 3 is 3.00 bits per heavy atom. The molecule has 0 aliphatic carbocycles. The molecular formula is C16H13FN2S. The molecule has 2 aromatic carbocycles. The SMILES string of the molecule is N#Cc1cc(F)ccc1NCC1CSc2ccccc21. The molecule has 1 heterocycles. The van der Waals surface area contributed by atoms with Gasteiger partial charge in [-0.15, -0.1) is 11.8 Å². The first-order valence-electron chi connectivity index (χ1n) is 6.43. The molecule has 20 heavy (non-hydrogen) atoms. The number of hydrogen-bond acceptors (Lipinski definition) is 3. The van der Waals surface area contributed by atoms with Gasteiger partial charge in [-0.3, -0.25) is 0 Å². The maximum Gasteiger partial charge on any atom is 0.124 e. The molecule has 0 saturated carbocycles. The lowest BCUT2D eigenvalue weighted by molar-refractivity contribution is 0.627. The fourth-order valence-electron chi connectivity index (χ4n) is 2.39. The van der Waals surface area contributed by atoms with E-state index in [0.717, 1.165) is 12.3 Å². The third-order valence-corrected chi connectivity index (χ3v) is 4.69. The Labute approximate surface area is 121 Å². The number of nitriles is 1. The number of nitrogens with one attached hydrogen (secondary N) is 1. The molecule has 1 atom stereocenters. The van der Waals surface area contributed by atoms with Crippen molar-refractivity contribution < 1.29 is 4.39 Å². The van der Waals surface area contributed by atoms with Gasteiger partial charge in [0.1, 0.15) is 11.9 Å². The van der Waals surface area contributed by atoms with Gasteiger partial charge in [0.2, 0.25) is 0 Å². The number of fused-ring (bicyclic) bond motifs is 1. The molecule has 2 aromatic rings. The van der Waals surface area contributed by atoms with E-state index in [0.29, 0.717) is 17.2 Å². The molecule has 1 aliphatic rings. The molecule has 1 unspecified atom stereocenters. The summed E-state index contributed by atoms with van der Waals surface area (Å²) in [5, 5.41) is 12.3. The zero-order valence-corrected chi connectivity index (χ0v) is 11.6. The highest BCUT2D eigenvalue weighted by atomic mass is 32.2. The maximum atomic E-state index is 13.1. The van der Waals surface area contributed by atoms with Crippen LogP contribution in [0.3, 0.4) is 0 Å². The monoisotopic (exact) mass is 284 g/mol. The third kappa shape index (κ3) is 2.50. The van der Waals surface area contributed by atoms with Crippen molar-refractivity contribution in [3.05, 3.63) is 59.4 Å². The van der Waals surface area contributed by atoms with Crippen LogP contribution in [-0.4, -0.2) is 12.3 Å². The summed E-state index contributed by atoms with van der Waals surface area (Å²) in [7, 11) is 0. The second-order valence-corrected chi connectivity index (χ2v) is 5.79. The Morgan fingerprint density at radius 1 is 1.30 bits per heavy atom. The maximum absolute atomic E-state index is 13.1. The van der Waals surface area contributed by atoms with Gasteiger partial charge in [-0.2, -0.15) is 5.26 Å². The van der Waals surface area contributed by atoms with Crippen LogP contribution >= 0.6 is 11.8 Å². The van der Waals surface area contributed by atoms with Crippen LogP contribution in [0, 0.1) is 17.1 Å². The summed E-state index contributed by atoms with van der Waals surface area (Å²) < 4.78 is 13.1. The molecule has 2 nitrogen and oxygen atoms in total. The minimum atomic E-state index is -0.381. The first kappa shape index (κ1) is 13.0. The van der Waals surface area contributed by atoms with E-state index in [2.05, 4.69) is 29.6 Å². The van der Waals surface area contributed by atoms with E-state index in [1.807, 2.05) is 17.8 Å². The summed E-state index contributed by atoms with van der Waals surface area (Å²) in [4.78, 5) is 1.33. The number of hydrogen-bond donors (Lipinski definition) is 1. The summed E-state index contributed by atoms with van der Waals surface area (Å²) in [6.07, 6.45) is 0. The summed E-state index contributed by atoms with van der Waals surface area (Å²) in [6.45, 7) is 0.754. The molecule has 0 saturated heterocycles. The molecule has 0 spiro atoms. The van der Waals surface area contributed by atoms with Crippen LogP contribution in [0.15, 0.2) is 47.4 Å². The van der Waals surface area contributed by atoms with Crippen molar-refractivity contribution in [3.63, 3.8) is 0 Å². The van der Waals surface area contributed by atoms with Crippen LogP contribution in [0.25, 0.3) is 0 Å². The van der Waals surface area contributed by atoms with Crippen LogP contribution in [0.5, 0.6) is 0 Å². The van der Waals surface area contributed by atoms with Crippen molar-refractivity contribution in [2.24, 2.45) is 0 Å². The molecule has 3 rings (SSSR count). The molecule has 4 heteroatoms. The minimum absolute atomic E-state index is 0.351. The topological polar surface area (TPSA) is 35.8 Å². The second-order valence-electron chi connectivity index (χ2n) is 4.73. The van der Waals surface area contributed by atoms with E-state index in [-0.39, 0.29) is 5.82 Å². The van der Waals surface area contributed by atoms with Gasteiger partial charge in [-0.25, -0.2) is 4.39 Å². The fraction of sp³-hybridized carbons (Fsp3) is 0.188. The molecule has 0 amide bonds. The van der Waals surface area contributed by atoms with Crippen LogP contribution in [0.2, 0.25) is 0 Å². The summed E-state index contributed by atoms with van der Waals surface area (Å²) >= 11 is 1.86. The van der Waals surface area contributed by atoms with Crippen molar-refractivity contribution in [1.82, 2.24) is 0 Å². The summed E-state index contributed by atoms with van der Waals surface area (Å²) in [5.74, 6) is 1.08. The minimum Gasteiger partial charge on any atom is -0.383 e. The van der Waals surface area contributed by atoms with Crippen molar-refractivity contribution in [2.45, 2.75) is 10.8 Å². The number of nitrogens with zero attached hydrogens (tertiary/aromatic N) is 1. The second kappa shape index (κ2) is 5.56. The molecule has 0 fully saturated rings. The average molecular weight is 284 g/mol. The van der Waals surface area contributed by atoms with Crippen LogP contribution < -0.4 is 5.32 Å². The summed E-state index contributed by atoms with van der Waals surface area (Å²) in [5.41, 5.74) is 2.40. The van der Waals surface area contributed by atoms with Gasteiger partial charge in [0.05, 0.1) is 11.3 Å². The normalized spacial score (nSPS) is 16.5. The van der Waals surface area contributed by atoms with Gasteiger partial charge < -0.3 is 5.32 Å². The van der Waals surface area contributed by atoms with Crippen molar-refractivity contribution in [3.8, 4) is 6.07 Å². The Bertz CT molecular complexity index is 678. The lowest BCUT2D eigenvalue weighted by Crippen LogP contribution is -2.13. The molecular weight excluding hydrogens is 271 g/mol. The zero-order valence-electron chi connectivity index (χ0n) is 10.8. The highest BCUT2D eigenvalue weighted by molar-refractivity contribution is 7.99. The van der Waals surface area contributed by atoms with E-state index >= 15 is 0 Å². The Balaban J connectivity index is 1.74. The fourth-order valence-corrected chi connectivity index (χ4v) is 3.65. The first-order valence-corrected chi connectivity index (χ1v) is 7.42. The van der Waals surface area contributed by atoms with Gasteiger partial charge in [0.25, 0.3) is 0 Å². The van der Waals surface area contributed by atoms with E-state index in [1.165, 1.54) is 22.6 Å². The van der Waals surface area contributed by atoms with Crippen LogP contribution in [0.1, 0.15) is 17.0 Å². The Hall–Kier alpha value is -1.99. The van der Waals surface area contributed by atoms with E-state index in [9.17, 15) is 4.39 Å². The summed E-state index contributed by atoms with van der Waals surface area (Å²) in [6, 6.07) is 14.7. The highest BCUT2D eigenvalue weighted by Gasteiger charge is 2.22. The predicted octanol–water partition coefficient (Wildman–Crippen LogP) is 4.00. The third-order valence-electron chi connectivity index (χ3n) is 3.44. The lowest BCUT2D eigenvalue weighted by Gasteiger charge is -2.14. The smallest absolute Gasteiger partial charge is 0.124 e. The lowest BCUT2D eigenvalue weighted by atomic mass is 10.0. The Morgan fingerprint density at radius 2 is 2.15 bits per heavy atom.